The summed E-state index contributed by atoms with van der Waals surface area (Å²) < 4.78 is 48.0. The van der Waals surface area contributed by atoms with E-state index >= 15 is 0 Å². The molecule has 4 aromatic rings. The van der Waals surface area contributed by atoms with E-state index in [4.69, 9.17) is 17.0 Å². The van der Waals surface area contributed by atoms with Crippen LogP contribution in [0.25, 0.3) is 17.1 Å². The molecule has 1 aliphatic heterocycles. The molecule has 1 atom stereocenters. The van der Waals surface area contributed by atoms with Crippen LogP contribution in [0.4, 0.5) is 18.9 Å². The molecule has 15 heteroatoms. The molecule has 0 spiro atoms. The summed E-state index contributed by atoms with van der Waals surface area (Å²) in [6.45, 7) is 1.91. The lowest BCUT2D eigenvalue weighted by atomic mass is 10.1. The number of carbonyl (C=O) groups is 1. The van der Waals surface area contributed by atoms with Gasteiger partial charge in [-0.1, -0.05) is 54.2 Å². The van der Waals surface area contributed by atoms with E-state index < -0.39 is 6.36 Å². The van der Waals surface area contributed by atoms with Crippen LogP contribution in [0.3, 0.4) is 0 Å². The number of ether oxygens (including phenoxy) is 2. The van der Waals surface area contributed by atoms with Gasteiger partial charge in [-0.05, 0) is 55.0 Å². The molecule has 1 fully saturated rings. The third kappa shape index (κ3) is 7.48. The van der Waals surface area contributed by atoms with E-state index in [1.807, 2.05) is 31.2 Å². The zero-order valence-electron chi connectivity index (χ0n) is 23.2. The maximum Gasteiger partial charge on any atom is 0.573 e. The molecule has 0 saturated carbocycles. The maximum absolute atomic E-state index is 12.7. The molecule has 1 amide bonds. The van der Waals surface area contributed by atoms with E-state index in [-0.39, 0.29) is 28.6 Å². The van der Waals surface area contributed by atoms with Gasteiger partial charge >= 0.3 is 6.36 Å². The van der Waals surface area contributed by atoms with Gasteiger partial charge in [-0.25, -0.2) is 9.67 Å². The lowest BCUT2D eigenvalue weighted by Crippen LogP contribution is -2.31. The SMILES string of the molecule is COC(C)c1ccccc1N1C(=O)CS/C1=N\C(=S)N/N=C/c1ccc(-c2ncn(-c3ccc(OC(F)(F)F)cc3)n2)cc1. The number of benzene rings is 3. The topological polar surface area (TPSA) is 106 Å². The highest BCUT2D eigenvalue weighted by Crippen LogP contribution is 2.33. The number of nitrogens with one attached hydrogen (secondary N) is 1. The molecule has 10 nitrogen and oxygen atoms in total. The molecule has 5 rings (SSSR count). The number of thioether (sulfide) groups is 1. The summed E-state index contributed by atoms with van der Waals surface area (Å²) >= 11 is 6.64. The van der Waals surface area contributed by atoms with Gasteiger partial charge in [0.05, 0.1) is 29.4 Å². The highest BCUT2D eigenvalue weighted by atomic mass is 32.2. The first kappa shape index (κ1) is 30.8. The molecule has 1 N–H and O–H groups in total. The number of hydrazone groups is 1. The van der Waals surface area contributed by atoms with E-state index in [0.717, 1.165) is 16.7 Å². The number of para-hydroxylation sites is 1. The highest BCUT2D eigenvalue weighted by molar-refractivity contribution is 8.15. The van der Waals surface area contributed by atoms with E-state index in [1.165, 1.54) is 47.0 Å². The minimum absolute atomic E-state index is 0.0880. The Morgan fingerprint density at radius 2 is 1.84 bits per heavy atom. The van der Waals surface area contributed by atoms with Crippen molar-refractivity contribution in [2.45, 2.75) is 19.4 Å². The third-order valence-corrected chi connectivity index (χ3v) is 7.41. The second-order valence-electron chi connectivity index (χ2n) is 9.20. The van der Waals surface area contributed by atoms with E-state index in [0.29, 0.717) is 22.4 Å². The van der Waals surface area contributed by atoms with Crippen LogP contribution in [-0.4, -0.2) is 56.4 Å². The summed E-state index contributed by atoms with van der Waals surface area (Å²) in [4.78, 5) is 23.0. The standard InChI is InChI=1S/C29H24F3N7O3S2/c1-18(41-2)23-5-3-4-6-24(23)39-25(40)16-44-28(39)35-27(43)36-34-15-19-7-9-20(10-8-19)26-33-17-38(37-26)21-11-13-22(14-12-21)42-29(30,31)32/h3-15,17-18H,16H2,1-2H3,(H,36,43)/b34-15+,35-28-. The Morgan fingerprint density at radius 3 is 2.55 bits per heavy atom. The van der Waals surface area contributed by atoms with Crippen LogP contribution in [0.5, 0.6) is 5.75 Å². The van der Waals surface area contributed by atoms with Gasteiger partial charge in [-0.3, -0.25) is 15.1 Å². The third-order valence-electron chi connectivity index (χ3n) is 6.30. The van der Waals surface area contributed by atoms with Gasteiger partial charge in [0.2, 0.25) is 11.0 Å². The zero-order chi connectivity index (χ0) is 31.3. The number of hydrogen-bond donors (Lipinski definition) is 1. The number of amides is 1. The number of methoxy groups -OCH3 is 1. The number of nitrogens with zero attached hydrogens (tertiary/aromatic N) is 6. The fourth-order valence-electron chi connectivity index (χ4n) is 4.16. The number of aromatic nitrogens is 3. The van der Waals surface area contributed by atoms with Crippen molar-refractivity contribution in [2.24, 2.45) is 10.1 Å². The molecule has 0 radical (unpaired) electrons. The summed E-state index contributed by atoms with van der Waals surface area (Å²) in [6, 6.07) is 20.0. The Balaban J connectivity index is 1.21. The number of rotatable bonds is 8. The van der Waals surface area contributed by atoms with Gasteiger partial charge in [0.25, 0.3) is 0 Å². The molecule has 1 aromatic heterocycles. The van der Waals surface area contributed by atoms with Gasteiger partial charge in [0.1, 0.15) is 12.1 Å². The van der Waals surface area contributed by atoms with Crippen LogP contribution < -0.4 is 15.1 Å². The van der Waals surface area contributed by atoms with Gasteiger partial charge in [0.15, 0.2) is 11.0 Å². The molecular weight excluding hydrogens is 615 g/mol. The summed E-state index contributed by atoms with van der Waals surface area (Å²) in [7, 11) is 1.61. The summed E-state index contributed by atoms with van der Waals surface area (Å²) in [5.41, 5.74) is 6.26. The van der Waals surface area contributed by atoms with Gasteiger partial charge in [-0.15, -0.1) is 18.3 Å². The predicted octanol–water partition coefficient (Wildman–Crippen LogP) is 5.88. The van der Waals surface area contributed by atoms with Crippen molar-refractivity contribution in [2.75, 3.05) is 17.8 Å². The highest BCUT2D eigenvalue weighted by Gasteiger charge is 2.32. The van der Waals surface area contributed by atoms with Crippen LogP contribution in [0.1, 0.15) is 24.2 Å². The van der Waals surface area contributed by atoms with Crippen LogP contribution in [-0.2, 0) is 9.53 Å². The average Bonchev–Trinajstić information content (AvgIpc) is 3.64. The van der Waals surface area contributed by atoms with Crippen LogP contribution in [0, 0.1) is 0 Å². The molecule has 0 bridgehead atoms. The first-order chi connectivity index (χ1) is 21.1. The van der Waals surface area contributed by atoms with Gasteiger partial charge in [-0.2, -0.15) is 10.1 Å². The lowest BCUT2D eigenvalue weighted by molar-refractivity contribution is -0.274. The van der Waals surface area contributed by atoms with Gasteiger partial charge in [0, 0.05) is 18.2 Å². The molecule has 1 unspecified atom stereocenters. The van der Waals surface area contributed by atoms with Crippen molar-refractivity contribution < 1.29 is 27.4 Å². The quantitative estimate of drug-likeness (QED) is 0.145. The first-order valence-electron chi connectivity index (χ1n) is 13.0. The number of hydrogen-bond acceptors (Lipinski definition) is 8. The fourth-order valence-corrected chi connectivity index (χ4v) is 5.22. The minimum atomic E-state index is -4.76. The molecule has 0 aliphatic carbocycles. The number of alkyl halides is 3. The van der Waals surface area contributed by atoms with Crippen LogP contribution in [0.2, 0.25) is 0 Å². The lowest BCUT2D eigenvalue weighted by Gasteiger charge is -2.22. The number of carbonyl (C=O) groups excluding carboxylic acids is 1. The van der Waals surface area contributed by atoms with E-state index in [1.54, 1.807) is 42.5 Å². The van der Waals surface area contributed by atoms with E-state index in [2.05, 4.69) is 30.3 Å². The second kappa shape index (κ2) is 13.4. The molecule has 3 aromatic carbocycles. The number of amidine groups is 1. The molecule has 44 heavy (non-hydrogen) atoms. The maximum atomic E-state index is 12.7. The summed E-state index contributed by atoms with van der Waals surface area (Å²) in [6.07, 6.45) is -1.96. The second-order valence-corrected chi connectivity index (χ2v) is 10.5. The Kier molecular flexibility index (Phi) is 9.37. The van der Waals surface area contributed by atoms with Gasteiger partial charge < -0.3 is 9.47 Å². The summed E-state index contributed by atoms with van der Waals surface area (Å²) in [5, 5.41) is 9.10. The Labute approximate surface area is 259 Å². The Morgan fingerprint density at radius 1 is 1.11 bits per heavy atom. The molecule has 226 valence electrons. The van der Waals surface area contributed by atoms with Crippen molar-refractivity contribution in [3.8, 4) is 22.8 Å². The average molecular weight is 640 g/mol. The van der Waals surface area contributed by atoms with E-state index in [9.17, 15) is 18.0 Å². The number of anilines is 1. The monoisotopic (exact) mass is 639 g/mol. The van der Waals surface area contributed by atoms with Crippen molar-refractivity contribution >= 4 is 52.1 Å². The molecular formula is C29H24F3N7O3S2. The van der Waals surface area contributed by atoms with Crippen LogP contribution >= 0.6 is 24.0 Å². The minimum Gasteiger partial charge on any atom is -0.406 e. The zero-order valence-corrected chi connectivity index (χ0v) is 24.9. The smallest absolute Gasteiger partial charge is 0.406 e. The van der Waals surface area contributed by atoms with Crippen molar-refractivity contribution in [1.29, 1.82) is 0 Å². The van der Waals surface area contributed by atoms with Crippen molar-refractivity contribution in [3.05, 3.63) is 90.3 Å². The Bertz CT molecular complexity index is 1710. The predicted molar refractivity (Wildman–Crippen MR) is 166 cm³/mol. The largest absolute Gasteiger partial charge is 0.573 e. The molecule has 1 saturated heterocycles. The number of thiocarbonyl (C=S) groups is 1. The first-order valence-corrected chi connectivity index (χ1v) is 14.4. The molecule has 2 heterocycles. The van der Waals surface area contributed by atoms with Crippen molar-refractivity contribution in [1.82, 2.24) is 20.2 Å². The normalized spacial score (nSPS) is 15.2. The number of aliphatic imine (C=N–C) groups is 1. The summed E-state index contributed by atoms with van der Waals surface area (Å²) in [5.74, 6) is 0.232. The Hall–Kier alpha value is -4.60. The number of halogens is 3. The van der Waals surface area contributed by atoms with Crippen molar-refractivity contribution in [3.63, 3.8) is 0 Å². The molecule has 1 aliphatic rings. The fraction of sp³-hybridized carbons (Fsp3) is 0.172. The van der Waals surface area contributed by atoms with Crippen LogP contribution in [0.15, 0.2) is 89.2 Å².